The number of esters is 1. The van der Waals surface area contributed by atoms with Gasteiger partial charge in [0.2, 0.25) is 0 Å². The lowest BCUT2D eigenvalue weighted by atomic mass is 10.0. The van der Waals surface area contributed by atoms with Crippen molar-refractivity contribution in [3.05, 3.63) is 326 Å². The van der Waals surface area contributed by atoms with Gasteiger partial charge in [-0.25, -0.2) is 19.6 Å². The summed E-state index contributed by atoms with van der Waals surface area (Å²) in [5.41, 5.74) is 15.4. The van der Waals surface area contributed by atoms with Crippen molar-refractivity contribution in [1.82, 2.24) is 20.2 Å². The molecule has 12 rings (SSSR count). The second-order valence-electron chi connectivity index (χ2n) is 24.6. The van der Waals surface area contributed by atoms with Crippen LogP contribution in [0.4, 0.5) is 0 Å². The molecule has 0 aliphatic carbocycles. The Morgan fingerprint density at radius 2 is 0.990 bits per heavy atom. The molecular weight excluding hydrogens is 1300 g/mol. The van der Waals surface area contributed by atoms with E-state index >= 15 is 0 Å². The van der Waals surface area contributed by atoms with E-state index in [0.717, 1.165) is 78.4 Å². The Balaban J connectivity index is 0.000000169. The summed E-state index contributed by atoms with van der Waals surface area (Å²) in [6, 6.07) is 71.9. The number of benzene rings is 10. The molecule has 17 heteroatoms. The first kappa shape index (κ1) is 73.5. The van der Waals surface area contributed by atoms with Gasteiger partial charge in [-0.3, -0.25) is 9.89 Å². The molecular formula is C86H84N4O13. The Morgan fingerprint density at radius 3 is 1.70 bits per heavy atom. The number of H-pyrrole nitrogens is 1. The van der Waals surface area contributed by atoms with Gasteiger partial charge in [0.25, 0.3) is 0 Å². The third-order valence-corrected chi connectivity index (χ3v) is 16.7. The maximum Gasteiger partial charge on any atom is 0.342 e. The number of para-hydroxylation sites is 2. The van der Waals surface area contributed by atoms with E-state index in [0.29, 0.717) is 89.6 Å². The van der Waals surface area contributed by atoms with E-state index in [9.17, 15) is 19.5 Å². The minimum Gasteiger partial charge on any atom is -0.489 e. The van der Waals surface area contributed by atoms with E-state index < -0.39 is 11.9 Å². The van der Waals surface area contributed by atoms with Gasteiger partial charge in [-0.15, -0.1) is 0 Å². The first-order chi connectivity index (χ1) is 50.0. The number of hydrogen-bond acceptors (Lipinski definition) is 15. The number of nitrogens with zero attached hydrogens (tertiary/aromatic N) is 3. The second kappa shape index (κ2) is 36.7. The quantitative estimate of drug-likeness (QED) is 0.0418. The molecule has 0 saturated carbocycles. The van der Waals surface area contributed by atoms with Gasteiger partial charge in [0.05, 0.1) is 23.4 Å². The fourth-order valence-electron chi connectivity index (χ4n) is 11.2. The monoisotopic (exact) mass is 1380 g/mol. The topological polar surface area (TPSA) is 209 Å². The zero-order valence-corrected chi connectivity index (χ0v) is 59.2. The van der Waals surface area contributed by atoms with E-state index in [4.69, 9.17) is 42.6 Å². The fourth-order valence-corrected chi connectivity index (χ4v) is 11.2. The molecule has 2 N–H and O–H groups in total. The maximum absolute atomic E-state index is 12.8. The lowest BCUT2D eigenvalue weighted by molar-refractivity contribution is -0.118. The molecule has 526 valence electrons. The third kappa shape index (κ3) is 21.6. The SMILES string of the molecule is CCOC(=O)c1c(C)cc(OCc2ccccc2)cc1OCc1cccc(OCc2cccc(C)c2OCC(C)=O)c1.Cc1cc(C)c(COc2cccc(OCc3cccc(C)c3C(=O)O)c2)cc1C.c1ccc(Cc2ncn[nH]2)c(COc2ccc(OCc3ccc4ccccc4n3)cc2)c1. The van der Waals surface area contributed by atoms with Crippen LogP contribution in [-0.2, 0) is 62.2 Å². The highest BCUT2D eigenvalue weighted by Crippen LogP contribution is 2.33. The molecule has 0 aliphatic rings. The molecule has 10 aromatic carbocycles. The Hall–Kier alpha value is -12.2. The first-order valence-electron chi connectivity index (χ1n) is 33.9. The Kier molecular flexibility index (Phi) is 26.2. The number of hydrogen-bond donors (Lipinski definition) is 2. The molecule has 0 radical (unpaired) electrons. The summed E-state index contributed by atoms with van der Waals surface area (Å²) in [5, 5.41) is 17.4. The zero-order chi connectivity index (χ0) is 72.5. The van der Waals surface area contributed by atoms with E-state index in [2.05, 4.69) is 77.3 Å². The smallest absolute Gasteiger partial charge is 0.342 e. The lowest BCUT2D eigenvalue weighted by Gasteiger charge is -2.17. The van der Waals surface area contributed by atoms with Crippen LogP contribution < -0.4 is 37.9 Å². The highest BCUT2D eigenvalue weighted by atomic mass is 16.5. The summed E-state index contributed by atoms with van der Waals surface area (Å²) in [7, 11) is 0. The summed E-state index contributed by atoms with van der Waals surface area (Å²) >= 11 is 0. The second-order valence-corrected chi connectivity index (χ2v) is 24.6. The number of ether oxygens (including phenoxy) is 9. The van der Waals surface area contributed by atoms with Crippen LogP contribution in [-0.4, -0.2) is 56.2 Å². The van der Waals surface area contributed by atoms with Crippen LogP contribution >= 0.6 is 0 Å². The number of ketones is 1. The minimum atomic E-state index is -0.942. The number of rotatable bonds is 29. The molecule has 0 bridgehead atoms. The molecule has 0 spiro atoms. The largest absolute Gasteiger partial charge is 0.489 e. The Morgan fingerprint density at radius 1 is 0.417 bits per heavy atom. The minimum absolute atomic E-state index is 0.0104. The van der Waals surface area contributed by atoms with Crippen LogP contribution in [0.25, 0.3) is 10.9 Å². The molecule has 2 aromatic heterocycles. The summed E-state index contributed by atoms with van der Waals surface area (Å²) in [4.78, 5) is 44.6. The van der Waals surface area contributed by atoms with Crippen molar-refractivity contribution in [3.63, 3.8) is 0 Å². The van der Waals surface area contributed by atoms with E-state index in [1.807, 2.05) is 184 Å². The van der Waals surface area contributed by atoms with Crippen LogP contribution in [0.1, 0.15) is 118 Å². The van der Waals surface area contributed by atoms with Gasteiger partial charge in [-0.2, -0.15) is 5.10 Å². The first-order valence-corrected chi connectivity index (χ1v) is 33.9. The number of aromatic carboxylic acids is 1. The van der Waals surface area contributed by atoms with Crippen LogP contribution in [0.5, 0.6) is 46.0 Å². The molecule has 2 heterocycles. The van der Waals surface area contributed by atoms with E-state index in [1.165, 1.54) is 29.9 Å². The average molecular weight is 1380 g/mol. The summed E-state index contributed by atoms with van der Waals surface area (Å²) < 4.78 is 53.0. The van der Waals surface area contributed by atoms with Gasteiger partial charge in [-0.1, -0.05) is 146 Å². The molecule has 17 nitrogen and oxygen atoms in total. The van der Waals surface area contributed by atoms with Gasteiger partial charge in [0.15, 0.2) is 5.78 Å². The standard InChI is InChI=1S/C35H36O7.C26H22N4O2.C25H26O4/c1-5-38-35(37)33-25(3)17-31(39-21-27-12-7-6-8-13-27)19-32(33)41-22-28-14-10-16-30(18-28)40-23-29-15-9-11-24(2)34(29)42-20-26(4)36;1-2-7-21(20(6-1)15-26-27-18-28-30-26)16-31-23-11-13-24(14-12-23)32-17-22-10-9-19-5-3-4-8-25(19)29-22;1-16-7-5-8-20(24(16)25(26)27)14-28-22-9-6-10-23(13-22)29-15-21-12-18(3)17(2)11-19(21)4/h6-19H,5,20-23H2,1-4H3;1-14,18H,15-17H2,(H,27,28,30);5-13H,14-15H2,1-4H3,(H,26,27). The fraction of sp³-hybridized carbons (Fsp3) is 0.209. The number of aryl methyl sites for hydroxylation is 6. The number of aromatic amines is 1. The van der Waals surface area contributed by atoms with Crippen molar-refractivity contribution in [3.8, 4) is 46.0 Å². The predicted molar refractivity (Wildman–Crippen MR) is 397 cm³/mol. The highest BCUT2D eigenvalue weighted by Gasteiger charge is 2.21. The predicted octanol–water partition coefficient (Wildman–Crippen LogP) is 18.1. The average Bonchev–Trinajstić information content (AvgIpc) is 1.27. The van der Waals surface area contributed by atoms with Gasteiger partial charge in [0, 0.05) is 35.1 Å². The number of Topliss-reactive ketones (excluding diaryl/α,β-unsaturated/α-hetero) is 1. The van der Waals surface area contributed by atoms with Crippen LogP contribution in [0.15, 0.2) is 231 Å². The summed E-state index contributed by atoms with van der Waals surface area (Å²) in [6.45, 7) is 17.8. The van der Waals surface area contributed by atoms with Gasteiger partial charge >= 0.3 is 11.9 Å². The van der Waals surface area contributed by atoms with E-state index in [1.54, 1.807) is 32.0 Å². The Labute approximate surface area is 600 Å². The molecule has 0 aliphatic heterocycles. The number of pyridine rings is 1. The number of aromatic nitrogens is 4. The van der Waals surface area contributed by atoms with Crippen molar-refractivity contribution in [2.45, 2.75) is 108 Å². The normalized spacial score (nSPS) is 10.7. The van der Waals surface area contributed by atoms with Gasteiger partial charge < -0.3 is 47.7 Å². The number of carboxylic acids is 1. The number of fused-ring (bicyclic) bond motifs is 1. The van der Waals surface area contributed by atoms with Gasteiger partial charge in [0.1, 0.15) is 117 Å². The molecule has 103 heavy (non-hydrogen) atoms. The summed E-state index contributed by atoms with van der Waals surface area (Å²) in [6.07, 6.45) is 2.21. The van der Waals surface area contributed by atoms with Crippen molar-refractivity contribution in [2.75, 3.05) is 13.2 Å². The van der Waals surface area contributed by atoms with Crippen LogP contribution in [0.3, 0.4) is 0 Å². The summed E-state index contributed by atoms with van der Waals surface area (Å²) in [5.74, 6) is 4.59. The molecule has 0 saturated heterocycles. The molecule has 12 aromatic rings. The number of nitrogens with one attached hydrogen (secondary N) is 1. The maximum atomic E-state index is 12.8. The zero-order valence-electron chi connectivity index (χ0n) is 59.2. The number of carbonyl (C=O) groups excluding carboxylic acids is 2. The molecule has 0 amide bonds. The highest BCUT2D eigenvalue weighted by molar-refractivity contribution is 5.94. The molecule has 0 unspecified atom stereocenters. The molecule has 0 atom stereocenters. The Bertz CT molecular complexity index is 4810. The van der Waals surface area contributed by atoms with Crippen molar-refractivity contribution < 1.29 is 62.1 Å². The molecule has 0 fully saturated rings. The lowest BCUT2D eigenvalue weighted by Crippen LogP contribution is -2.11. The third-order valence-electron chi connectivity index (χ3n) is 16.7. The van der Waals surface area contributed by atoms with Crippen molar-refractivity contribution >= 4 is 28.6 Å². The van der Waals surface area contributed by atoms with Gasteiger partial charge in [-0.05, 0) is 183 Å². The van der Waals surface area contributed by atoms with Crippen LogP contribution in [0, 0.1) is 41.5 Å². The van der Waals surface area contributed by atoms with Crippen molar-refractivity contribution in [1.29, 1.82) is 0 Å². The van der Waals surface area contributed by atoms with Crippen molar-refractivity contribution in [2.24, 2.45) is 0 Å². The number of carbonyl (C=O) groups is 3. The van der Waals surface area contributed by atoms with E-state index in [-0.39, 0.29) is 38.8 Å². The number of carboxylic acid groups (broad SMARTS) is 1. The van der Waals surface area contributed by atoms with Crippen LogP contribution in [0.2, 0.25) is 0 Å².